The lowest BCUT2D eigenvalue weighted by molar-refractivity contribution is -0.137. The van der Waals surface area contributed by atoms with Crippen molar-refractivity contribution in [1.82, 2.24) is 5.32 Å². The zero-order valence-corrected chi connectivity index (χ0v) is 15.6. The van der Waals surface area contributed by atoms with E-state index in [4.69, 9.17) is 5.11 Å². The van der Waals surface area contributed by atoms with Gasteiger partial charge in [0, 0.05) is 18.9 Å². The van der Waals surface area contributed by atoms with Gasteiger partial charge in [-0.15, -0.1) is 0 Å². The Morgan fingerprint density at radius 3 is 2.42 bits per heavy atom. The van der Waals surface area contributed by atoms with E-state index in [0.717, 1.165) is 38.0 Å². The second kappa shape index (κ2) is 8.35. The van der Waals surface area contributed by atoms with Crippen molar-refractivity contribution in [3.05, 3.63) is 0 Å². The first-order valence-electron chi connectivity index (χ1n) is 9.87. The van der Waals surface area contributed by atoms with Crippen molar-refractivity contribution in [2.45, 2.75) is 91.0 Å². The van der Waals surface area contributed by atoms with Crippen molar-refractivity contribution in [1.29, 1.82) is 0 Å². The standard InChI is InChI=1S/C20H35NO3/c1-4-9-17(22)21-19-14(10-7-5-6-8-11-18(23)24)12-15-13-16(19)20(15,2)3/h14-16,19H,4-13H2,1-3H3,(H,21,22)(H,23,24). The molecule has 0 aliphatic heterocycles. The van der Waals surface area contributed by atoms with Crippen molar-refractivity contribution < 1.29 is 14.7 Å². The topological polar surface area (TPSA) is 66.4 Å². The second-order valence-electron chi connectivity index (χ2n) is 8.55. The van der Waals surface area contributed by atoms with Crippen LogP contribution >= 0.6 is 0 Å². The van der Waals surface area contributed by atoms with Crippen LogP contribution in [0.15, 0.2) is 0 Å². The van der Waals surface area contributed by atoms with E-state index in [1.54, 1.807) is 0 Å². The van der Waals surface area contributed by atoms with Gasteiger partial charge in [0.25, 0.3) is 0 Å². The van der Waals surface area contributed by atoms with Gasteiger partial charge in [0.1, 0.15) is 0 Å². The summed E-state index contributed by atoms with van der Waals surface area (Å²) >= 11 is 0. The van der Waals surface area contributed by atoms with Gasteiger partial charge in [-0.3, -0.25) is 9.59 Å². The number of carbonyl (C=O) groups is 2. The molecule has 4 atom stereocenters. The Labute approximate surface area is 146 Å². The Hall–Kier alpha value is -1.06. The minimum absolute atomic E-state index is 0.218. The highest BCUT2D eigenvalue weighted by Gasteiger charge is 2.57. The Bertz CT molecular complexity index is 446. The average Bonchev–Trinajstić information content (AvgIpc) is 2.51. The maximum atomic E-state index is 12.1. The Kier molecular flexibility index (Phi) is 6.70. The van der Waals surface area contributed by atoms with E-state index in [1.807, 2.05) is 0 Å². The van der Waals surface area contributed by atoms with Crippen molar-refractivity contribution in [2.24, 2.45) is 23.2 Å². The van der Waals surface area contributed by atoms with Gasteiger partial charge in [-0.2, -0.15) is 0 Å². The maximum Gasteiger partial charge on any atom is 0.303 e. The molecule has 3 aliphatic rings. The number of hydrogen-bond donors (Lipinski definition) is 2. The Morgan fingerprint density at radius 2 is 1.79 bits per heavy atom. The molecule has 3 aliphatic carbocycles. The summed E-state index contributed by atoms with van der Waals surface area (Å²) in [6.45, 7) is 6.79. The van der Waals surface area contributed by atoms with Gasteiger partial charge in [-0.25, -0.2) is 0 Å². The smallest absolute Gasteiger partial charge is 0.303 e. The van der Waals surface area contributed by atoms with Gasteiger partial charge in [0.2, 0.25) is 5.91 Å². The van der Waals surface area contributed by atoms with Gasteiger partial charge in [0.15, 0.2) is 0 Å². The van der Waals surface area contributed by atoms with Gasteiger partial charge in [-0.05, 0) is 55.3 Å². The minimum atomic E-state index is -0.691. The van der Waals surface area contributed by atoms with Crippen LogP contribution in [0.25, 0.3) is 0 Å². The van der Waals surface area contributed by atoms with E-state index in [-0.39, 0.29) is 12.3 Å². The molecule has 3 fully saturated rings. The first-order chi connectivity index (χ1) is 11.4. The van der Waals surface area contributed by atoms with Crippen LogP contribution in [-0.4, -0.2) is 23.0 Å². The summed E-state index contributed by atoms with van der Waals surface area (Å²) in [5.41, 5.74) is 0.377. The van der Waals surface area contributed by atoms with E-state index in [9.17, 15) is 9.59 Å². The number of aliphatic carboxylic acids is 1. The molecule has 1 amide bonds. The minimum Gasteiger partial charge on any atom is -0.481 e. The van der Waals surface area contributed by atoms with Crippen LogP contribution in [-0.2, 0) is 9.59 Å². The van der Waals surface area contributed by atoms with Crippen molar-refractivity contribution in [2.75, 3.05) is 0 Å². The number of unbranched alkanes of at least 4 members (excludes halogenated alkanes) is 3. The molecule has 0 heterocycles. The van der Waals surface area contributed by atoms with Gasteiger partial charge in [0.05, 0.1) is 0 Å². The highest BCUT2D eigenvalue weighted by Crippen LogP contribution is 2.61. The van der Waals surface area contributed by atoms with Crippen LogP contribution < -0.4 is 5.32 Å². The number of rotatable bonds is 10. The average molecular weight is 338 g/mol. The maximum absolute atomic E-state index is 12.1. The lowest BCUT2D eigenvalue weighted by Crippen LogP contribution is -2.63. The summed E-state index contributed by atoms with van der Waals surface area (Å²) in [6.07, 6.45) is 9.58. The molecule has 2 bridgehead atoms. The van der Waals surface area contributed by atoms with Crippen LogP contribution in [0, 0.1) is 23.2 Å². The zero-order chi connectivity index (χ0) is 17.7. The number of carbonyl (C=O) groups excluding carboxylic acids is 1. The van der Waals surface area contributed by atoms with Gasteiger partial charge < -0.3 is 10.4 Å². The second-order valence-corrected chi connectivity index (χ2v) is 8.55. The predicted octanol–water partition coefficient (Wildman–Crippen LogP) is 4.38. The largest absolute Gasteiger partial charge is 0.481 e. The third-order valence-corrected chi connectivity index (χ3v) is 6.60. The highest BCUT2D eigenvalue weighted by molar-refractivity contribution is 5.76. The zero-order valence-electron chi connectivity index (χ0n) is 15.6. The van der Waals surface area contributed by atoms with Crippen molar-refractivity contribution >= 4 is 11.9 Å². The Balaban J connectivity index is 1.81. The fourth-order valence-electron chi connectivity index (χ4n) is 4.94. The number of nitrogens with one attached hydrogen (secondary N) is 1. The molecular formula is C20H35NO3. The molecule has 4 unspecified atom stereocenters. The summed E-state index contributed by atoms with van der Waals surface area (Å²) in [5.74, 6) is 1.59. The summed E-state index contributed by atoms with van der Waals surface area (Å²) in [5, 5.41) is 12.0. The van der Waals surface area contributed by atoms with Crippen LogP contribution in [0.3, 0.4) is 0 Å². The highest BCUT2D eigenvalue weighted by atomic mass is 16.4. The lowest BCUT2D eigenvalue weighted by atomic mass is 9.44. The molecule has 4 heteroatoms. The third kappa shape index (κ3) is 4.52. The number of carboxylic acid groups (broad SMARTS) is 1. The van der Waals surface area contributed by atoms with Crippen molar-refractivity contribution in [3.63, 3.8) is 0 Å². The van der Waals surface area contributed by atoms with Gasteiger partial charge >= 0.3 is 5.97 Å². The monoisotopic (exact) mass is 337 g/mol. The molecule has 0 radical (unpaired) electrons. The molecule has 3 saturated carbocycles. The summed E-state index contributed by atoms with van der Waals surface area (Å²) in [4.78, 5) is 22.7. The number of amides is 1. The van der Waals surface area contributed by atoms with E-state index in [2.05, 4.69) is 26.1 Å². The molecule has 2 N–H and O–H groups in total. The molecule has 24 heavy (non-hydrogen) atoms. The number of carboxylic acids is 1. The van der Waals surface area contributed by atoms with Gasteiger partial charge in [-0.1, -0.05) is 40.0 Å². The molecule has 0 aromatic carbocycles. The molecule has 0 spiro atoms. The molecular weight excluding hydrogens is 302 g/mol. The number of fused-ring (bicyclic) bond motifs is 2. The summed E-state index contributed by atoms with van der Waals surface area (Å²) in [6, 6.07) is 0.350. The van der Waals surface area contributed by atoms with Crippen LogP contribution in [0.1, 0.15) is 85.0 Å². The first kappa shape index (κ1) is 19.3. The number of hydrogen-bond acceptors (Lipinski definition) is 2. The first-order valence-corrected chi connectivity index (χ1v) is 9.87. The Morgan fingerprint density at radius 1 is 1.08 bits per heavy atom. The van der Waals surface area contributed by atoms with E-state index >= 15 is 0 Å². The fraction of sp³-hybridized carbons (Fsp3) is 0.900. The van der Waals surface area contributed by atoms with Crippen LogP contribution in [0.2, 0.25) is 0 Å². The molecule has 0 saturated heterocycles. The molecule has 0 aromatic rings. The molecule has 0 aromatic heterocycles. The van der Waals surface area contributed by atoms with E-state index in [1.165, 1.54) is 19.3 Å². The van der Waals surface area contributed by atoms with E-state index in [0.29, 0.717) is 29.7 Å². The van der Waals surface area contributed by atoms with Crippen LogP contribution in [0.4, 0.5) is 0 Å². The normalized spacial score (nSPS) is 30.5. The molecule has 138 valence electrons. The molecule has 4 nitrogen and oxygen atoms in total. The fourth-order valence-corrected chi connectivity index (χ4v) is 4.94. The quantitative estimate of drug-likeness (QED) is 0.581. The van der Waals surface area contributed by atoms with E-state index < -0.39 is 5.97 Å². The van der Waals surface area contributed by atoms with Crippen LogP contribution in [0.5, 0.6) is 0 Å². The SMILES string of the molecule is CCCC(=O)NC1C(CCCCCCC(=O)O)CC2CC1C2(C)C. The molecule has 3 rings (SSSR count). The lowest BCUT2D eigenvalue weighted by Gasteiger charge is -2.62. The predicted molar refractivity (Wildman–Crippen MR) is 95.7 cm³/mol. The third-order valence-electron chi connectivity index (χ3n) is 6.60. The summed E-state index contributed by atoms with van der Waals surface area (Å²) < 4.78 is 0. The summed E-state index contributed by atoms with van der Waals surface area (Å²) in [7, 11) is 0. The van der Waals surface area contributed by atoms with Crippen molar-refractivity contribution in [3.8, 4) is 0 Å².